The van der Waals surface area contributed by atoms with Crippen LogP contribution >= 0.6 is 11.6 Å². The van der Waals surface area contributed by atoms with E-state index in [4.69, 9.17) is 21.4 Å². The first kappa shape index (κ1) is 14.3. The number of benzene rings is 1. The number of likely N-dealkylation sites (N-methyl/N-ethyl adjacent to an activating group) is 1. The Morgan fingerprint density at radius 3 is 2.56 bits per heavy atom. The Morgan fingerprint density at radius 2 is 2.06 bits per heavy atom. The topological polar surface area (TPSA) is 66.8 Å². The van der Waals surface area contributed by atoms with Gasteiger partial charge in [0.2, 0.25) is 0 Å². The third kappa shape index (κ3) is 2.92. The van der Waals surface area contributed by atoms with Crippen LogP contribution in [-0.2, 0) is 4.79 Å². The second kappa shape index (κ2) is 5.73. The van der Waals surface area contributed by atoms with E-state index in [1.807, 2.05) is 0 Å². The molecule has 5 nitrogen and oxygen atoms in total. The Labute approximate surface area is 110 Å². The highest BCUT2D eigenvalue weighted by molar-refractivity contribution is 6.31. The summed E-state index contributed by atoms with van der Waals surface area (Å²) in [7, 11) is 2.85. The standard InChI is InChI=1S/C12H14ClNO4/c1-7(12(16)17)14(2)11(15)9-6-8(13)4-5-10(9)18-3/h4-7H,1-3H3,(H,16,17). The molecule has 0 fully saturated rings. The van der Waals surface area contributed by atoms with Gasteiger partial charge in [0.1, 0.15) is 11.8 Å². The van der Waals surface area contributed by atoms with Crippen molar-refractivity contribution >= 4 is 23.5 Å². The van der Waals surface area contributed by atoms with Gasteiger partial charge in [0.15, 0.2) is 0 Å². The average Bonchev–Trinajstić information content (AvgIpc) is 2.35. The molecule has 1 atom stereocenters. The molecule has 0 heterocycles. The predicted octanol–water partition coefficient (Wildman–Crippen LogP) is 1.89. The Balaban J connectivity index is 3.10. The van der Waals surface area contributed by atoms with Crippen LogP contribution < -0.4 is 4.74 Å². The first-order valence-corrected chi connectivity index (χ1v) is 5.59. The molecular formula is C12H14ClNO4. The number of aliphatic carboxylic acids is 1. The van der Waals surface area contributed by atoms with E-state index in [0.717, 1.165) is 4.90 Å². The Kier molecular flexibility index (Phi) is 4.55. The number of hydrogen-bond acceptors (Lipinski definition) is 3. The molecule has 0 spiro atoms. The van der Waals surface area contributed by atoms with Crippen molar-refractivity contribution in [1.29, 1.82) is 0 Å². The third-order valence-electron chi connectivity index (χ3n) is 2.65. The molecule has 1 rings (SSSR count). The van der Waals surface area contributed by atoms with Crippen LogP contribution in [0.4, 0.5) is 0 Å². The normalized spacial score (nSPS) is 11.8. The molecule has 1 amide bonds. The van der Waals surface area contributed by atoms with Gasteiger partial charge in [-0.25, -0.2) is 4.79 Å². The van der Waals surface area contributed by atoms with Crippen LogP contribution in [-0.4, -0.2) is 42.1 Å². The van der Waals surface area contributed by atoms with Crippen molar-refractivity contribution in [3.05, 3.63) is 28.8 Å². The zero-order chi connectivity index (χ0) is 13.9. The van der Waals surface area contributed by atoms with Gasteiger partial charge in [-0.3, -0.25) is 4.79 Å². The molecule has 1 aromatic carbocycles. The molecule has 98 valence electrons. The highest BCUT2D eigenvalue weighted by Crippen LogP contribution is 2.24. The molecule has 0 aliphatic heterocycles. The van der Waals surface area contributed by atoms with E-state index in [0.29, 0.717) is 10.8 Å². The SMILES string of the molecule is COc1ccc(Cl)cc1C(=O)N(C)C(C)C(=O)O. The summed E-state index contributed by atoms with van der Waals surface area (Å²) in [6.07, 6.45) is 0. The van der Waals surface area contributed by atoms with Crippen molar-refractivity contribution in [2.45, 2.75) is 13.0 Å². The Morgan fingerprint density at radius 1 is 1.44 bits per heavy atom. The van der Waals surface area contributed by atoms with Crippen LogP contribution in [0.15, 0.2) is 18.2 Å². The van der Waals surface area contributed by atoms with E-state index in [1.54, 1.807) is 12.1 Å². The number of carboxylic acids is 1. The summed E-state index contributed by atoms with van der Waals surface area (Å²) >= 11 is 5.82. The number of carboxylic acid groups (broad SMARTS) is 1. The zero-order valence-electron chi connectivity index (χ0n) is 10.3. The lowest BCUT2D eigenvalue weighted by Crippen LogP contribution is -2.40. The molecule has 1 unspecified atom stereocenters. The van der Waals surface area contributed by atoms with Crippen molar-refractivity contribution in [3.63, 3.8) is 0 Å². The number of carbonyl (C=O) groups is 2. The number of halogens is 1. The van der Waals surface area contributed by atoms with Gasteiger partial charge in [0.05, 0.1) is 12.7 Å². The van der Waals surface area contributed by atoms with Gasteiger partial charge in [-0.15, -0.1) is 0 Å². The molecule has 0 aliphatic rings. The van der Waals surface area contributed by atoms with Crippen molar-refractivity contribution in [2.75, 3.05) is 14.2 Å². The molecule has 1 N–H and O–H groups in total. The third-order valence-corrected chi connectivity index (χ3v) is 2.89. The minimum absolute atomic E-state index is 0.237. The first-order chi connectivity index (χ1) is 8.38. The summed E-state index contributed by atoms with van der Waals surface area (Å²) in [6, 6.07) is 3.68. The van der Waals surface area contributed by atoms with Crippen LogP contribution in [0.3, 0.4) is 0 Å². The minimum Gasteiger partial charge on any atom is -0.496 e. The van der Waals surface area contributed by atoms with Crippen LogP contribution in [0.25, 0.3) is 0 Å². The molecule has 18 heavy (non-hydrogen) atoms. The number of amides is 1. The van der Waals surface area contributed by atoms with Crippen LogP contribution in [0.1, 0.15) is 17.3 Å². The molecule has 0 radical (unpaired) electrons. The van der Waals surface area contributed by atoms with Gasteiger partial charge < -0.3 is 14.7 Å². The van der Waals surface area contributed by atoms with Gasteiger partial charge >= 0.3 is 5.97 Å². The molecular weight excluding hydrogens is 258 g/mol. The maximum atomic E-state index is 12.1. The summed E-state index contributed by atoms with van der Waals surface area (Å²) in [5, 5.41) is 9.26. The van der Waals surface area contributed by atoms with Gasteiger partial charge in [-0.1, -0.05) is 11.6 Å². The van der Waals surface area contributed by atoms with Crippen molar-refractivity contribution in [2.24, 2.45) is 0 Å². The lowest BCUT2D eigenvalue weighted by Gasteiger charge is -2.22. The van der Waals surface area contributed by atoms with Crippen molar-refractivity contribution in [3.8, 4) is 5.75 Å². The maximum Gasteiger partial charge on any atom is 0.326 e. The Hall–Kier alpha value is -1.75. The maximum absolute atomic E-state index is 12.1. The fourth-order valence-corrected chi connectivity index (χ4v) is 1.55. The van der Waals surface area contributed by atoms with Gasteiger partial charge in [0, 0.05) is 12.1 Å². The fraction of sp³-hybridized carbons (Fsp3) is 0.333. The lowest BCUT2D eigenvalue weighted by atomic mass is 10.1. The lowest BCUT2D eigenvalue weighted by molar-refractivity contribution is -0.141. The molecule has 0 aromatic heterocycles. The summed E-state index contributed by atoms with van der Waals surface area (Å²) in [4.78, 5) is 24.1. The van der Waals surface area contributed by atoms with E-state index in [9.17, 15) is 9.59 Å². The average molecular weight is 272 g/mol. The number of methoxy groups -OCH3 is 1. The summed E-state index contributed by atoms with van der Waals surface area (Å²) in [6.45, 7) is 1.43. The fourth-order valence-electron chi connectivity index (χ4n) is 1.38. The quantitative estimate of drug-likeness (QED) is 0.908. The van der Waals surface area contributed by atoms with E-state index in [2.05, 4.69) is 0 Å². The number of ether oxygens (including phenoxy) is 1. The van der Waals surface area contributed by atoms with E-state index >= 15 is 0 Å². The zero-order valence-corrected chi connectivity index (χ0v) is 11.1. The number of hydrogen-bond donors (Lipinski definition) is 1. The Bertz CT molecular complexity index is 475. The first-order valence-electron chi connectivity index (χ1n) is 5.22. The monoisotopic (exact) mass is 271 g/mol. The number of rotatable bonds is 4. The van der Waals surface area contributed by atoms with E-state index in [-0.39, 0.29) is 5.56 Å². The van der Waals surface area contributed by atoms with Crippen molar-refractivity contribution in [1.82, 2.24) is 4.90 Å². The summed E-state index contributed by atoms with van der Waals surface area (Å²) in [5.41, 5.74) is 0.237. The smallest absolute Gasteiger partial charge is 0.326 e. The number of nitrogens with zero attached hydrogens (tertiary/aromatic N) is 1. The highest BCUT2D eigenvalue weighted by atomic mass is 35.5. The molecule has 0 saturated heterocycles. The van der Waals surface area contributed by atoms with E-state index < -0.39 is 17.9 Å². The molecule has 6 heteroatoms. The summed E-state index contributed by atoms with van der Waals surface area (Å²) in [5.74, 6) is -1.18. The van der Waals surface area contributed by atoms with Crippen LogP contribution in [0.5, 0.6) is 5.75 Å². The molecule has 0 aliphatic carbocycles. The predicted molar refractivity (Wildman–Crippen MR) is 67.2 cm³/mol. The summed E-state index contributed by atoms with van der Waals surface area (Å²) < 4.78 is 5.06. The second-order valence-electron chi connectivity index (χ2n) is 3.77. The molecule has 0 saturated carbocycles. The second-order valence-corrected chi connectivity index (χ2v) is 4.21. The van der Waals surface area contributed by atoms with E-state index in [1.165, 1.54) is 27.1 Å². The molecule has 0 bridgehead atoms. The van der Waals surface area contributed by atoms with Gasteiger partial charge in [-0.2, -0.15) is 0 Å². The van der Waals surface area contributed by atoms with Crippen LogP contribution in [0.2, 0.25) is 5.02 Å². The van der Waals surface area contributed by atoms with Crippen molar-refractivity contribution < 1.29 is 19.4 Å². The highest BCUT2D eigenvalue weighted by Gasteiger charge is 2.25. The van der Waals surface area contributed by atoms with Crippen LogP contribution in [0, 0.1) is 0 Å². The van der Waals surface area contributed by atoms with Gasteiger partial charge in [-0.05, 0) is 25.1 Å². The largest absolute Gasteiger partial charge is 0.496 e. The number of carbonyl (C=O) groups excluding carboxylic acids is 1. The molecule has 1 aromatic rings. The van der Waals surface area contributed by atoms with Gasteiger partial charge in [0.25, 0.3) is 5.91 Å². The minimum atomic E-state index is -1.08.